The maximum atomic E-state index is 12.4. The average molecular weight is 429 g/mol. The van der Waals surface area contributed by atoms with Gasteiger partial charge in [0.15, 0.2) is 5.82 Å². The van der Waals surface area contributed by atoms with Gasteiger partial charge in [-0.3, -0.25) is 4.79 Å². The van der Waals surface area contributed by atoms with Crippen LogP contribution in [-0.2, 0) is 6.54 Å². The molecule has 0 aliphatic carbocycles. The van der Waals surface area contributed by atoms with Gasteiger partial charge in [-0.1, -0.05) is 47.5 Å². The van der Waals surface area contributed by atoms with E-state index in [1.165, 1.54) is 5.56 Å². The zero-order valence-corrected chi connectivity index (χ0v) is 17.7. The molecule has 0 saturated carbocycles. The summed E-state index contributed by atoms with van der Waals surface area (Å²) < 4.78 is 0. The highest BCUT2D eigenvalue weighted by molar-refractivity contribution is 6.30. The number of nitrogens with zero attached hydrogens (tertiary/aromatic N) is 2. The second kappa shape index (κ2) is 9.41. The summed E-state index contributed by atoms with van der Waals surface area (Å²) in [5.74, 6) is 0.500. The van der Waals surface area contributed by atoms with E-state index < -0.39 is 0 Å². The summed E-state index contributed by atoms with van der Waals surface area (Å²) in [5.41, 5.74) is 5.43. The SMILES string of the molecule is Cc1cccc(-c2ccc(Nc3ccc(C(=O)NCc4ccc(Cl)cc4)cc3)nn2)c1. The lowest BCUT2D eigenvalue weighted by Crippen LogP contribution is -2.22. The first-order chi connectivity index (χ1) is 15.1. The minimum atomic E-state index is -0.135. The summed E-state index contributed by atoms with van der Waals surface area (Å²) in [6.07, 6.45) is 0. The molecule has 5 nitrogen and oxygen atoms in total. The Morgan fingerprint density at radius 1 is 0.903 bits per heavy atom. The first kappa shape index (κ1) is 20.6. The fraction of sp³-hybridized carbons (Fsp3) is 0.0800. The van der Waals surface area contributed by atoms with Crippen LogP contribution in [0.15, 0.2) is 84.9 Å². The molecule has 1 heterocycles. The van der Waals surface area contributed by atoms with E-state index >= 15 is 0 Å². The predicted octanol–water partition coefficient (Wildman–Crippen LogP) is 5.78. The Bertz CT molecular complexity index is 1170. The number of hydrogen-bond donors (Lipinski definition) is 2. The Hall–Kier alpha value is -3.70. The molecule has 0 atom stereocenters. The molecular weight excluding hydrogens is 408 g/mol. The molecule has 0 aliphatic rings. The van der Waals surface area contributed by atoms with Crippen molar-refractivity contribution in [1.82, 2.24) is 15.5 Å². The fourth-order valence-corrected chi connectivity index (χ4v) is 3.22. The molecular formula is C25H21ClN4O. The van der Waals surface area contributed by atoms with Crippen molar-refractivity contribution in [1.29, 1.82) is 0 Å². The van der Waals surface area contributed by atoms with Gasteiger partial charge in [0.25, 0.3) is 5.91 Å². The lowest BCUT2D eigenvalue weighted by molar-refractivity contribution is 0.0951. The van der Waals surface area contributed by atoms with Crippen molar-refractivity contribution in [2.24, 2.45) is 0 Å². The quantitative estimate of drug-likeness (QED) is 0.408. The van der Waals surface area contributed by atoms with Gasteiger partial charge in [-0.05, 0) is 67.1 Å². The molecule has 0 bridgehead atoms. The van der Waals surface area contributed by atoms with E-state index in [0.717, 1.165) is 22.5 Å². The van der Waals surface area contributed by atoms with Gasteiger partial charge in [0.2, 0.25) is 0 Å². The number of amides is 1. The normalized spacial score (nSPS) is 10.5. The first-order valence-electron chi connectivity index (χ1n) is 9.87. The van der Waals surface area contributed by atoms with Crippen LogP contribution < -0.4 is 10.6 Å². The molecule has 0 saturated heterocycles. The van der Waals surface area contributed by atoms with Gasteiger partial charge >= 0.3 is 0 Å². The Balaban J connectivity index is 1.35. The largest absolute Gasteiger partial charge is 0.348 e. The van der Waals surface area contributed by atoms with Crippen molar-refractivity contribution in [3.05, 3.63) is 107 Å². The van der Waals surface area contributed by atoms with Crippen molar-refractivity contribution in [3.63, 3.8) is 0 Å². The number of carbonyl (C=O) groups excluding carboxylic acids is 1. The Morgan fingerprint density at radius 3 is 2.35 bits per heavy atom. The number of rotatable bonds is 6. The van der Waals surface area contributed by atoms with E-state index in [2.05, 4.69) is 39.9 Å². The lowest BCUT2D eigenvalue weighted by atomic mass is 10.1. The molecule has 0 unspecified atom stereocenters. The minimum Gasteiger partial charge on any atom is -0.348 e. The van der Waals surface area contributed by atoms with Crippen LogP contribution in [0, 0.1) is 6.92 Å². The van der Waals surface area contributed by atoms with E-state index in [4.69, 9.17) is 11.6 Å². The number of benzene rings is 3. The van der Waals surface area contributed by atoms with Gasteiger partial charge < -0.3 is 10.6 Å². The van der Waals surface area contributed by atoms with E-state index in [1.807, 2.05) is 48.5 Å². The van der Waals surface area contributed by atoms with Crippen molar-refractivity contribution >= 4 is 29.0 Å². The summed E-state index contributed by atoms with van der Waals surface area (Å²) >= 11 is 5.88. The highest BCUT2D eigenvalue weighted by atomic mass is 35.5. The van der Waals surface area contributed by atoms with Crippen LogP contribution in [0.1, 0.15) is 21.5 Å². The number of carbonyl (C=O) groups is 1. The number of anilines is 2. The molecule has 1 aromatic heterocycles. The summed E-state index contributed by atoms with van der Waals surface area (Å²) in [5, 5.41) is 15.3. The number of hydrogen-bond acceptors (Lipinski definition) is 4. The third-order valence-corrected chi connectivity index (χ3v) is 5.02. The Labute approximate surface area is 186 Å². The van der Waals surface area contributed by atoms with Crippen molar-refractivity contribution in [2.45, 2.75) is 13.5 Å². The number of aryl methyl sites for hydroxylation is 1. The zero-order valence-electron chi connectivity index (χ0n) is 17.0. The summed E-state index contributed by atoms with van der Waals surface area (Å²) in [6, 6.07) is 26.6. The molecule has 4 rings (SSSR count). The summed E-state index contributed by atoms with van der Waals surface area (Å²) in [7, 11) is 0. The maximum Gasteiger partial charge on any atom is 0.251 e. The van der Waals surface area contributed by atoms with E-state index in [1.54, 1.807) is 24.3 Å². The van der Waals surface area contributed by atoms with Crippen molar-refractivity contribution < 1.29 is 4.79 Å². The van der Waals surface area contributed by atoms with Crippen LogP contribution in [0.25, 0.3) is 11.3 Å². The second-order valence-electron chi connectivity index (χ2n) is 7.18. The van der Waals surface area contributed by atoms with Gasteiger partial charge in [0, 0.05) is 28.4 Å². The maximum absolute atomic E-state index is 12.4. The summed E-state index contributed by atoms with van der Waals surface area (Å²) in [6.45, 7) is 2.49. The van der Waals surface area contributed by atoms with Gasteiger partial charge in [0.1, 0.15) is 0 Å². The Kier molecular flexibility index (Phi) is 6.24. The first-order valence-corrected chi connectivity index (χ1v) is 10.3. The van der Waals surface area contributed by atoms with E-state index in [0.29, 0.717) is 22.9 Å². The van der Waals surface area contributed by atoms with Crippen LogP contribution >= 0.6 is 11.6 Å². The summed E-state index contributed by atoms with van der Waals surface area (Å²) in [4.78, 5) is 12.4. The molecule has 6 heteroatoms. The third kappa shape index (κ3) is 5.47. The van der Waals surface area contributed by atoms with Crippen LogP contribution in [0.3, 0.4) is 0 Å². The molecule has 2 N–H and O–H groups in total. The van der Waals surface area contributed by atoms with Crippen molar-refractivity contribution in [2.75, 3.05) is 5.32 Å². The molecule has 31 heavy (non-hydrogen) atoms. The van der Waals surface area contributed by atoms with Crippen LogP contribution in [0.5, 0.6) is 0 Å². The molecule has 0 fully saturated rings. The molecule has 0 spiro atoms. The third-order valence-electron chi connectivity index (χ3n) is 4.76. The zero-order chi connectivity index (χ0) is 21.6. The smallest absolute Gasteiger partial charge is 0.251 e. The highest BCUT2D eigenvalue weighted by Gasteiger charge is 2.06. The monoisotopic (exact) mass is 428 g/mol. The van der Waals surface area contributed by atoms with E-state index in [-0.39, 0.29) is 5.91 Å². The van der Waals surface area contributed by atoms with Crippen LogP contribution in [-0.4, -0.2) is 16.1 Å². The molecule has 3 aromatic carbocycles. The topological polar surface area (TPSA) is 66.9 Å². The molecule has 4 aromatic rings. The van der Waals surface area contributed by atoms with Crippen molar-refractivity contribution in [3.8, 4) is 11.3 Å². The van der Waals surface area contributed by atoms with Gasteiger partial charge in [-0.2, -0.15) is 0 Å². The molecule has 0 aliphatic heterocycles. The lowest BCUT2D eigenvalue weighted by Gasteiger charge is -2.08. The number of halogens is 1. The van der Waals surface area contributed by atoms with E-state index in [9.17, 15) is 4.79 Å². The average Bonchev–Trinajstić information content (AvgIpc) is 2.79. The van der Waals surface area contributed by atoms with Gasteiger partial charge in [0.05, 0.1) is 5.69 Å². The predicted molar refractivity (Wildman–Crippen MR) is 125 cm³/mol. The van der Waals surface area contributed by atoms with Crippen LogP contribution in [0.2, 0.25) is 5.02 Å². The van der Waals surface area contributed by atoms with Gasteiger partial charge in [-0.15, -0.1) is 10.2 Å². The fourth-order valence-electron chi connectivity index (χ4n) is 3.10. The number of aromatic nitrogens is 2. The molecule has 154 valence electrons. The minimum absolute atomic E-state index is 0.135. The standard InChI is InChI=1S/C25H21ClN4O/c1-17-3-2-4-20(15-17)23-13-14-24(30-29-23)28-22-11-7-19(8-12-22)25(31)27-16-18-5-9-21(26)10-6-18/h2-15H,16H2,1H3,(H,27,31)(H,28,30). The molecule has 1 amide bonds. The highest BCUT2D eigenvalue weighted by Crippen LogP contribution is 2.20. The van der Waals surface area contributed by atoms with Gasteiger partial charge in [-0.25, -0.2) is 0 Å². The van der Waals surface area contributed by atoms with Crippen LogP contribution in [0.4, 0.5) is 11.5 Å². The number of nitrogens with one attached hydrogen (secondary N) is 2. The Morgan fingerprint density at radius 2 is 1.68 bits per heavy atom. The second-order valence-corrected chi connectivity index (χ2v) is 7.62. The molecule has 0 radical (unpaired) electrons.